The van der Waals surface area contributed by atoms with Crippen molar-refractivity contribution >= 4 is 16.1 Å². The number of aldehydes is 1. The highest BCUT2D eigenvalue weighted by atomic mass is 32.2. The Labute approximate surface area is 175 Å². The first-order chi connectivity index (χ1) is 14.3. The van der Waals surface area contributed by atoms with Crippen molar-refractivity contribution in [3.63, 3.8) is 0 Å². The van der Waals surface area contributed by atoms with Gasteiger partial charge < -0.3 is 4.74 Å². The summed E-state index contributed by atoms with van der Waals surface area (Å²) in [6.45, 7) is 2.46. The molecule has 0 amide bonds. The van der Waals surface area contributed by atoms with Crippen LogP contribution >= 0.6 is 0 Å². The van der Waals surface area contributed by atoms with Crippen molar-refractivity contribution in [1.29, 1.82) is 0 Å². The van der Waals surface area contributed by atoms with Gasteiger partial charge in [-0.15, -0.1) is 0 Å². The number of pyridine rings is 1. The van der Waals surface area contributed by atoms with Crippen molar-refractivity contribution in [1.82, 2.24) is 4.98 Å². The number of hydrogen-bond acceptors (Lipinski definition) is 5. The summed E-state index contributed by atoms with van der Waals surface area (Å²) < 4.78 is 42.7. The van der Waals surface area contributed by atoms with Gasteiger partial charge in [-0.1, -0.05) is 25.5 Å². The van der Waals surface area contributed by atoms with Gasteiger partial charge in [-0.2, -0.15) is 0 Å². The van der Waals surface area contributed by atoms with Crippen molar-refractivity contribution in [2.45, 2.75) is 24.7 Å². The second kappa shape index (κ2) is 9.17. The molecule has 3 aromatic rings. The van der Waals surface area contributed by atoms with E-state index in [9.17, 15) is 17.6 Å². The van der Waals surface area contributed by atoms with Gasteiger partial charge in [0.05, 0.1) is 22.8 Å². The number of hydrogen-bond donors (Lipinski definition) is 0. The Morgan fingerprint density at radius 2 is 1.67 bits per heavy atom. The van der Waals surface area contributed by atoms with Crippen LogP contribution < -0.4 is 4.74 Å². The fraction of sp³-hybridized carbons (Fsp3) is 0.217. The normalized spacial score (nSPS) is 11.3. The molecule has 0 fully saturated rings. The van der Waals surface area contributed by atoms with Gasteiger partial charge in [-0.3, -0.25) is 4.79 Å². The monoisotopic (exact) mass is 427 g/mol. The van der Waals surface area contributed by atoms with Gasteiger partial charge in [0, 0.05) is 17.4 Å². The first kappa shape index (κ1) is 21.6. The molecule has 0 atom stereocenters. The molecule has 5 nitrogen and oxygen atoms in total. The third-order valence-electron chi connectivity index (χ3n) is 4.59. The van der Waals surface area contributed by atoms with E-state index in [4.69, 9.17) is 4.74 Å². The van der Waals surface area contributed by atoms with E-state index in [2.05, 4.69) is 4.98 Å². The molecule has 1 heterocycles. The van der Waals surface area contributed by atoms with Crippen molar-refractivity contribution in [3.05, 3.63) is 66.0 Å². The van der Waals surface area contributed by atoms with Gasteiger partial charge in [0.1, 0.15) is 5.82 Å². The van der Waals surface area contributed by atoms with Gasteiger partial charge in [-0.25, -0.2) is 17.8 Å². The van der Waals surface area contributed by atoms with E-state index < -0.39 is 9.84 Å². The van der Waals surface area contributed by atoms with Gasteiger partial charge in [0.15, 0.2) is 16.1 Å². The number of nitrogens with zero attached hydrogens (tertiary/aromatic N) is 1. The maximum absolute atomic E-state index is 13.4. The molecule has 1 aromatic heterocycles. The zero-order chi connectivity index (χ0) is 21.7. The van der Waals surface area contributed by atoms with Crippen molar-refractivity contribution in [2.75, 3.05) is 12.9 Å². The second-order valence-electron chi connectivity index (χ2n) is 6.90. The molecule has 7 heteroatoms. The third kappa shape index (κ3) is 4.91. The van der Waals surface area contributed by atoms with Gasteiger partial charge in [0.25, 0.3) is 0 Å². The summed E-state index contributed by atoms with van der Waals surface area (Å²) in [4.78, 5) is 16.4. The summed E-state index contributed by atoms with van der Waals surface area (Å²) >= 11 is 0. The summed E-state index contributed by atoms with van der Waals surface area (Å²) in [5.41, 5.74) is 2.75. The number of ether oxygens (including phenoxy) is 1. The Morgan fingerprint density at radius 1 is 1.03 bits per heavy atom. The Hall–Kier alpha value is -3.06. The largest absolute Gasteiger partial charge is 0.477 e. The number of rotatable bonds is 8. The second-order valence-corrected chi connectivity index (χ2v) is 8.92. The van der Waals surface area contributed by atoms with E-state index in [1.807, 2.05) is 6.92 Å². The SMILES string of the molecule is CCCCOc1nc(-c2ccc(F)cc2)c(-c2ccc(S(C)(=O)=O)cc2)cc1C=O. The van der Waals surface area contributed by atoms with Crippen LogP contribution in [0.2, 0.25) is 0 Å². The molecular weight excluding hydrogens is 405 g/mol. The molecule has 0 saturated heterocycles. The number of carbonyl (C=O) groups excluding carboxylic acids is 1. The lowest BCUT2D eigenvalue weighted by Gasteiger charge is -2.15. The first-order valence-corrected chi connectivity index (χ1v) is 11.4. The van der Waals surface area contributed by atoms with Gasteiger partial charge >= 0.3 is 0 Å². The zero-order valence-corrected chi connectivity index (χ0v) is 17.6. The van der Waals surface area contributed by atoms with Crippen molar-refractivity contribution in [2.24, 2.45) is 0 Å². The molecule has 0 N–H and O–H groups in total. The molecule has 156 valence electrons. The molecule has 0 aliphatic carbocycles. The van der Waals surface area contributed by atoms with E-state index in [0.29, 0.717) is 40.8 Å². The highest BCUT2D eigenvalue weighted by Crippen LogP contribution is 2.35. The minimum absolute atomic E-state index is 0.192. The van der Waals surface area contributed by atoms with Crippen LogP contribution in [0, 0.1) is 5.82 Å². The minimum atomic E-state index is -3.33. The molecule has 3 rings (SSSR count). The van der Waals surface area contributed by atoms with E-state index in [0.717, 1.165) is 19.1 Å². The molecule has 0 aliphatic rings. The molecule has 0 unspecified atom stereocenters. The fourth-order valence-electron chi connectivity index (χ4n) is 2.95. The summed E-state index contributed by atoms with van der Waals surface area (Å²) in [6.07, 6.45) is 3.57. The fourth-order valence-corrected chi connectivity index (χ4v) is 3.59. The Kier molecular flexibility index (Phi) is 6.62. The predicted molar refractivity (Wildman–Crippen MR) is 114 cm³/mol. The van der Waals surface area contributed by atoms with Crippen LogP contribution in [0.25, 0.3) is 22.4 Å². The number of carbonyl (C=O) groups is 1. The van der Waals surface area contributed by atoms with Crippen LogP contribution in [-0.4, -0.2) is 32.6 Å². The van der Waals surface area contributed by atoms with Crippen LogP contribution in [0.4, 0.5) is 4.39 Å². The van der Waals surface area contributed by atoms with Crippen molar-refractivity contribution < 1.29 is 22.3 Å². The smallest absolute Gasteiger partial charge is 0.224 e. The quantitative estimate of drug-likeness (QED) is 0.376. The number of benzene rings is 2. The Bertz CT molecular complexity index is 1140. The highest BCUT2D eigenvalue weighted by molar-refractivity contribution is 7.90. The number of unbranched alkanes of at least 4 members (excludes halogenated alkanes) is 1. The Morgan fingerprint density at radius 3 is 2.23 bits per heavy atom. The van der Waals surface area contributed by atoms with E-state index in [1.165, 1.54) is 24.3 Å². The summed E-state index contributed by atoms with van der Waals surface area (Å²) in [5.74, 6) is -0.156. The Balaban J connectivity index is 2.16. The van der Waals surface area contributed by atoms with E-state index >= 15 is 0 Å². The summed E-state index contributed by atoms with van der Waals surface area (Å²) in [6, 6.07) is 13.9. The topological polar surface area (TPSA) is 73.3 Å². The van der Waals surface area contributed by atoms with Gasteiger partial charge in [0.2, 0.25) is 5.88 Å². The average molecular weight is 427 g/mol. The number of aromatic nitrogens is 1. The number of halogens is 1. The molecule has 0 saturated carbocycles. The van der Waals surface area contributed by atoms with Gasteiger partial charge in [-0.05, 0) is 54.4 Å². The molecule has 0 aliphatic heterocycles. The maximum atomic E-state index is 13.4. The molecule has 2 aromatic carbocycles. The molecular formula is C23H22FNO4S. The molecule has 0 spiro atoms. The molecule has 0 radical (unpaired) electrons. The van der Waals surface area contributed by atoms with Crippen LogP contribution in [0.15, 0.2) is 59.5 Å². The van der Waals surface area contributed by atoms with E-state index in [1.54, 1.807) is 30.3 Å². The predicted octanol–water partition coefficient (Wildman–Crippen LogP) is 4.95. The van der Waals surface area contributed by atoms with Crippen LogP contribution in [0.5, 0.6) is 5.88 Å². The zero-order valence-electron chi connectivity index (χ0n) is 16.8. The number of sulfone groups is 1. The van der Waals surface area contributed by atoms with Crippen LogP contribution in [0.3, 0.4) is 0 Å². The molecule has 0 bridgehead atoms. The molecule has 30 heavy (non-hydrogen) atoms. The van der Waals surface area contributed by atoms with Crippen LogP contribution in [0.1, 0.15) is 30.1 Å². The van der Waals surface area contributed by atoms with Crippen molar-refractivity contribution in [3.8, 4) is 28.3 Å². The lowest BCUT2D eigenvalue weighted by atomic mass is 9.98. The standard InChI is InChI=1S/C23H22FNO4S/c1-3-4-13-29-23-18(15-26)14-21(16-7-11-20(12-8-16)30(2,27)28)22(25-23)17-5-9-19(24)10-6-17/h5-12,14-15H,3-4,13H2,1-2H3. The maximum Gasteiger partial charge on any atom is 0.224 e. The third-order valence-corrected chi connectivity index (χ3v) is 5.72. The summed E-state index contributed by atoms with van der Waals surface area (Å²) in [5, 5.41) is 0. The lowest BCUT2D eigenvalue weighted by Crippen LogP contribution is -2.04. The first-order valence-electron chi connectivity index (χ1n) is 9.53. The highest BCUT2D eigenvalue weighted by Gasteiger charge is 2.17. The van der Waals surface area contributed by atoms with E-state index in [-0.39, 0.29) is 16.6 Å². The van der Waals surface area contributed by atoms with Crippen LogP contribution in [-0.2, 0) is 9.84 Å². The minimum Gasteiger partial charge on any atom is -0.477 e. The lowest BCUT2D eigenvalue weighted by molar-refractivity contribution is 0.111. The summed E-state index contributed by atoms with van der Waals surface area (Å²) in [7, 11) is -3.33. The average Bonchev–Trinajstić information content (AvgIpc) is 2.73.